The van der Waals surface area contributed by atoms with E-state index in [9.17, 15) is 4.79 Å². The summed E-state index contributed by atoms with van der Waals surface area (Å²) in [5.74, 6) is 1.07. The van der Waals surface area contributed by atoms with Crippen LogP contribution in [0.15, 0.2) is 0 Å². The second-order valence-corrected chi connectivity index (χ2v) is 8.66. The lowest BCUT2D eigenvalue weighted by atomic mass is 10.00. The van der Waals surface area contributed by atoms with E-state index in [1.807, 2.05) is 0 Å². The van der Waals surface area contributed by atoms with Crippen molar-refractivity contribution in [3.8, 4) is 0 Å². The van der Waals surface area contributed by atoms with Gasteiger partial charge in [-0.1, -0.05) is 42.2 Å². The smallest absolute Gasteiger partial charge is 0.236 e. The Hall–Kier alpha value is -0.700. The van der Waals surface area contributed by atoms with Crippen LogP contribution in [0.5, 0.6) is 0 Å². The molecule has 0 radical (unpaired) electrons. The van der Waals surface area contributed by atoms with E-state index in [0.29, 0.717) is 24.1 Å². The number of ether oxygens (including phenoxy) is 1. The van der Waals surface area contributed by atoms with Gasteiger partial charge < -0.3 is 15.0 Å². The topological polar surface area (TPSA) is 54.5 Å². The van der Waals surface area contributed by atoms with Crippen molar-refractivity contribution < 1.29 is 9.53 Å². The molecule has 0 aliphatic carbocycles. The summed E-state index contributed by atoms with van der Waals surface area (Å²) < 4.78 is 6.23. The first kappa shape index (κ1) is 17.1. The SMILES string of the molecule is CC1CCN(C(=S)SCC(=O)Nc2nc3c(s2)COCC3)CC1. The number of thioether (sulfide) groups is 1. The Morgan fingerprint density at radius 3 is 3.04 bits per heavy atom. The molecule has 0 saturated carbocycles. The van der Waals surface area contributed by atoms with Crippen LogP contribution in [-0.2, 0) is 22.6 Å². The summed E-state index contributed by atoms with van der Waals surface area (Å²) in [6, 6.07) is 0. The molecule has 1 amide bonds. The van der Waals surface area contributed by atoms with Crippen molar-refractivity contribution in [1.82, 2.24) is 9.88 Å². The maximum Gasteiger partial charge on any atom is 0.236 e. The molecule has 23 heavy (non-hydrogen) atoms. The summed E-state index contributed by atoms with van der Waals surface area (Å²) in [5.41, 5.74) is 1.06. The van der Waals surface area contributed by atoms with Crippen molar-refractivity contribution in [3.05, 3.63) is 10.6 Å². The number of fused-ring (bicyclic) bond motifs is 1. The van der Waals surface area contributed by atoms with Gasteiger partial charge in [-0.3, -0.25) is 4.79 Å². The van der Waals surface area contributed by atoms with Gasteiger partial charge in [-0.2, -0.15) is 0 Å². The van der Waals surface area contributed by atoms with Gasteiger partial charge >= 0.3 is 0 Å². The number of carbonyl (C=O) groups excluding carboxylic acids is 1. The Labute approximate surface area is 150 Å². The highest BCUT2D eigenvalue weighted by Gasteiger charge is 2.20. The summed E-state index contributed by atoms with van der Waals surface area (Å²) in [6.45, 7) is 5.61. The largest absolute Gasteiger partial charge is 0.375 e. The van der Waals surface area contributed by atoms with Gasteiger partial charge in [-0.05, 0) is 18.8 Å². The minimum absolute atomic E-state index is 0.0465. The number of hydrogen-bond donors (Lipinski definition) is 1. The molecule has 126 valence electrons. The zero-order chi connectivity index (χ0) is 16.2. The van der Waals surface area contributed by atoms with Crippen molar-refractivity contribution in [3.63, 3.8) is 0 Å². The van der Waals surface area contributed by atoms with Gasteiger partial charge in [-0.15, -0.1) is 0 Å². The van der Waals surface area contributed by atoms with Gasteiger partial charge in [0.2, 0.25) is 5.91 Å². The quantitative estimate of drug-likeness (QED) is 0.825. The first-order valence-corrected chi connectivity index (χ1v) is 10.1. The van der Waals surface area contributed by atoms with Crippen LogP contribution in [0.4, 0.5) is 5.13 Å². The molecule has 1 aromatic heterocycles. The molecule has 2 aliphatic rings. The van der Waals surface area contributed by atoms with E-state index in [1.54, 1.807) is 0 Å². The summed E-state index contributed by atoms with van der Waals surface area (Å²) in [4.78, 5) is 19.9. The lowest BCUT2D eigenvalue weighted by molar-refractivity contribution is -0.113. The molecule has 0 unspecified atom stereocenters. The Morgan fingerprint density at radius 1 is 1.52 bits per heavy atom. The number of likely N-dealkylation sites (tertiary alicyclic amines) is 1. The van der Waals surface area contributed by atoms with Crippen LogP contribution < -0.4 is 5.32 Å². The van der Waals surface area contributed by atoms with Crippen LogP contribution in [-0.4, -0.2) is 45.6 Å². The summed E-state index contributed by atoms with van der Waals surface area (Å²) in [6.07, 6.45) is 3.19. The number of aromatic nitrogens is 1. The molecule has 0 aromatic carbocycles. The van der Waals surface area contributed by atoms with E-state index in [1.165, 1.54) is 35.9 Å². The first-order valence-electron chi connectivity index (χ1n) is 7.89. The lowest BCUT2D eigenvalue weighted by Crippen LogP contribution is -2.36. The molecule has 0 bridgehead atoms. The van der Waals surface area contributed by atoms with Crippen molar-refractivity contribution in [2.24, 2.45) is 5.92 Å². The number of anilines is 1. The average molecular weight is 372 g/mol. The van der Waals surface area contributed by atoms with Crippen LogP contribution in [0.2, 0.25) is 0 Å². The second-order valence-electron chi connectivity index (χ2n) is 5.96. The lowest BCUT2D eigenvalue weighted by Gasteiger charge is -2.31. The normalized spacial score (nSPS) is 18.6. The number of piperidine rings is 1. The fourth-order valence-corrected chi connectivity index (χ4v) is 4.66. The number of thiocarbonyl (C=S) groups is 1. The number of nitrogens with zero attached hydrogens (tertiary/aromatic N) is 2. The zero-order valence-corrected chi connectivity index (χ0v) is 15.6. The highest BCUT2D eigenvalue weighted by molar-refractivity contribution is 8.23. The Kier molecular flexibility index (Phi) is 5.90. The maximum atomic E-state index is 12.1. The molecule has 3 rings (SSSR count). The van der Waals surface area contributed by atoms with Crippen molar-refractivity contribution >= 4 is 50.7 Å². The van der Waals surface area contributed by atoms with Gasteiger partial charge in [0.25, 0.3) is 0 Å². The van der Waals surface area contributed by atoms with Crippen LogP contribution in [0.25, 0.3) is 0 Å². The molecule has 0 atom stereocenters. The third-order valence-corrected chi connectivity index (χ3v) is 6.62. The van der Waals surface area contributed by atoms with Gasteiger partial charge in [0, 0.05) is 19.5 Å². The predicted molar refractivity (Wildman–Crippen MR) is 99.1 cm³/mol. The third kappa shape index (κ3) is 4.65. The summed E-state index contributed by atoms with van der Waals surface area (Å²) in [5, 5.41) is 3.55. The Morgan fingerprint density at radius 2 is 2.30 bits per heavy atom. The number of thiazole rings is 1. The Balaban J connectivity index is 1.44. The Bertz CT molecular complexity index is 559. The zero-order valence-electron chi connectivity index (χ0n) is 13.2. The van der Waals surface area contributed by atoms with Crippen molar-refractivity contribution in [2.45, 2.75) is 32.8 Å². The minimum Gasteiger partial charge on any atom is -0.375 e. The standard InChI is InChI=1S/C15H21N3O2S3/c1-10-2-5-18(6-3-10)15(21)22-9-13(19)17-14-16-11-4-7-20-8-12(11)23-14/h10H,2-9H2,1H3,(H,16,17,19). The van der Waals surface area contributed by atoms with Crippen LogP contribution in [0.1, 0.15) is 30.3 Å². The van der Waals surface area contributed by atoms with Crippen LogP contribution >= 0.6 is 35.3 Å². The number of rotatable bonds is 3. The number of hydrogen-bond acceptors (Lipinski definition) is 6. The summed E-state index contributed by atoms with van der Waals surface area (Å²) in [7, 11) is 0. The predicted octanol–water partition coefficient (Wildman–Crippen LogP) is 2.90. The van der Waals surface area contributed by atoms with E-state index < -0.39 is 0 Å². The second kappa shape index (κ2) is 7.92. The van der Waals surface area contributed by atoms with E-state index in [2.05, 4.69) is 22.1 Å². The fourth-order valence-electron chi connectivity index (χ4n) is 2.64. The highest BCUT2D eigenvalue weighted by Crippen LogP contribution is 2.27. The first-order chi connectivity index (χ1) is 11.1. The van der Waals surface area contributed by atoms with E-state index >= 15 is 0 Å². The highest BCUT2D eigenvalue weighted by atomic mass is 32.2. The molecule has 1 aromatic rings. The molecule has 3 heterocycles. The van der Waals surface area contributed by atoms with Crippen LogP contribution in [0, 0.1) is 5.92 Å². The number of amides is 1. The maximum absolute atomic E-state index is 12.1. The molecule has 1 saturated heterocycles. The molecule has 5 nitrogen and oxygen atoms in total. The van der Waals surface area contributed by atoms with Gasteiger partial charge in [-0.25, -0.2) is 4.98 Å². The van der Waals surface area contributed by atoms with Crippen molar-refractivity contribution in [1.29, 1.82) is 0 Å². The molecule has 1 N–H and O–H groups in total. The average Bonchev–Trinajstić information content (AvgIpc) is 2.95. The monoisotopic (exact) mass is 371 g/mol. The molecular weight excluding hydrogens is 350 g/mol. The number of carbonyl (C=O) groups is 1. The minimum atomic E-state index is -0.0465. The molecule has 1 fully saturated rings. The van der Waals surface area contributed by atoms with Crippen LogP contribution in [0.3, 0.4) is 0 Å². The van der Waals surface area contributed by atoms with Gasteiger partial charge in [0.15, 0.2) is 5.13 Å². The van der Waals surface area contributed by atoms with Gasteiger partial charge in [0.1, 0.15) is 4.32 Å². The molecule has 0 spiro atoms. The van der Waals surface area contributed by atoms with E-state index in [4.69, 9.17) is 17.0 Å². The molecule has 2 aliphatic heterocycles. The van der Waals surface area contributed by atoms with E-state index in [0.717, 1.165) is 40.3 Å². The summed E-state index contributed by atoms with van der Waals surface area (Å²) >= 11 is 8.40. The third-order valence-electron chi connectivity index (χ3n) is 4.11. The van der Waals surface area contributed by atoms with Gasteiger partial charge in [0.05, 0.1) is 29.5 Å². The number of nitrogens with one attached hydrogen (secondary N) is 1. The van der Waals surface area contributed by atoms with E-state index in [-0.39, 0.29) is 5.91 Å². The molecule has 8 heteroatoms. The van der Waals surface area contributed by atoms with Crippen molar-refractivity contribution in [2.75, 3.05) is 30.8 Å². The fraction of sp³-hybridized carbons (Fsp3) is 0.667. The molecular formula is C15H21N3O2S3.